The van der Waals surface area contributed by atoms with Crippen LogP contribution in [-0.4, -0.2) is 35.9 Å². The number of ether oxygens (including phenoxy) is 1. The van der Waals surface area contributed by atoms with Gasteiger partial charge in [0.15, 0.2) is 0 Å². The lowest BCUT2D eigenvalue weighted by molar-refractivity contribution is -0.115. The maximum absolute atomic E-state index is 12.8. The Hall–Kier alpha value is -3.19. The van der Waals surface area contributed by atoms with Crippen LogP contribution >= 0.6 is 11.3 Å². The third kappa shape index (κ3) is 5.42. The number of amides is 2. The van der Waals surface area contributed by atoms with E-state index in [1.54, 1.807) is 36.7 Å². The molecule has 0 radical (unpaired) electrons. The molecule has 0 atom stereocenters. The van der Waals surface area contributed by atoms with Gasteiger partial charge in [-0.3, -0.25) is 9.59 Å². The number of nitrogens with zero attached hydrogens (tertiary/aromatic N) is 2. The van der Waals surface area contributed by atoms with Crippen molar-refractivity contribution in [1.82, 2.24) is 9.88 Å². The number of anilines is 1. The summed E-state index contributed by atoms with van der Waals surface area (Å²) in [5.74, 6) is 0.435. The Morgan fingerprint density at radius 1 is 1.21 bits per heavy atom. The Morgan fingerprint density at radius 2 is 2.03 bits per heavy atom. The highest BCUT2D eigenvalue weighted by Crippen LogP contribution is 2.20. The third-order valence-corrected chi connectivity index (χ3v) is 5.12. The molecule has 0 saturated heterocycles. The fraction of sp³-hybridized carbons (Fsp3) is 0.227. The summed E-state index contributed by atoms with van der Waals surface area (Å²) >= 11 is 1.50. The molecule has 1 aromatic heterocycles. The van der Waals surface area contributed by atoms with Gasteiger partial charge in [0.05, 0.1) is 31.3 Å². The van der Waals surface area contributed by atoms with Crippen molar-refractivity contribution in [2.24, 2.45) is 0 Å². The number of carbonyl (C=O) groups is 2. The van der Waals surface area contributed by atoms with E-state index in [0.29, 0.717) is 23.5 Å². The average Bonchev–Trinajstić information content (AvgIpc) is 3.22. The molecule has 2 aromatic carbocycles. The molecule has 3 aromatic rings. The van der Waals surface area contributed by atoms with Crippen LogP contribution in [0.3, 0.4) is 0 Å². The molecule has 0 aliphatic heterocycles. The quantitative estimate of drug-likeness (QED) is 0.642. The molecule has 0 aliphatic rings. The first-order valence-corrected chi connectivity index (χ1v) is 10.1. The van der Waals surface area contributed by atoms with Crippen molar-refractivity contribution in [3.05, 3.63) is 75.7 Å². The van der Waals surface area contributed by atoms with Crippen molar-refractivity contribution in [2.45, 2.75) is 19.9 Å². The number of nitrogens with one attached hydrogen (secondary N) is 1. The number of aromatic nitrogens is 1. The molecule has 7 heteroatoms. The van der Waals surface area contributed by atoms with Gasteiger partial charge in [0, 0.05) is 23.7 Å². The van der Waals surface area contributed by atoms with E-state index >= 15 is 0 Å². The molecular formula is C22H23N3O3S. The summed E-state index contributed by atoms with van der Waals surface area (Å²) in [6.45, 7) is 2.34. The number of rotatable bonds is 7. The summed E-state index contributed by atoms with van der Waals surface area (Å²) in [6.07, 6.45) is 0.221. The van der Waals surface area contributed by atoms with Crippen LogP contribution in [0.5, 0.6) is 5.75 Å². The summed E-state index contributed by atoms with van der Waals surface area (Å²) in [7, 11) is 3.33. The standard InChI is InChI=1S/C22H23N3O3S/c1-15-7-8-17(22(27)25(2)12-18-13-29-14-23-18)11-20(15)24-21(26)10-16-5-4-6-19(9-16)28-3/h4-9,11,13-14H,10,12H2,1-3H3,(H,24,26). The lowest BCUT2D eigenvalue weighted by Gasteiger charge is -2.17. The summed E-state index contributed by atoms with van der Waals surface area (Å²) in [5.41, 5.74) is 5.49. The minimum Gasteiger partial charge on any atom is -0.497 e. The number of carbonyl (C=O) groups excluding carboxylic acids is 2. The predicted molar refractivity (Wildman–Crippen MR) is 114 cm³/mol. The number of benzene rings is 2. The SMILES string of the molecule is COc1cccc(CC(=O)Nc2cc(C(=O)N(C)Cc3cscn3)ccc2C)c1. The van der Waals surface area contributed by atoms with E-state index in [2.05, 4.69) is 10.3 Å². The van der Waals surface area contributed by atoms with Crippen molar-refractivity contribution >= 4 is 28.8 Å². The van der Waals surface area contributed by atoms with Gasteiger partial charge in [-0.1, -0.05) is 18.2 Å². The Bertz CT molecular complexity index is 1000. The summed E-state index contributed by atoms with van der Waals surface area (Å²) < 4.78 is 5.20. The average molecular weight is 410 g/mol. The molecule has 2 amide bonds. The molecule has 1 heterocycles. The van der Waals surface area contributed by atoms with E-state index < -0.39 is 0 Å². The van der Waals surface area contributed by atoms with E-state index in [-0.39, 0.29) is 18.2 Å². The maximum atomic E-state index is 12.8. The molecule has 0 spiro atoms. The minimum absolute atomic E-state index is 0.124. The molecule has 1 N–H and O–H groups in total. The third-order valence-electron chi connectivity index (χ3n) is 4.49. The van der Waals surface area contributed by atoms with Crippen LogP contribution in [0.15, 0.2) is 53.4 Å². The van der Waals surface area contributed by atoms with Crippen molar-refractivity contribution in [3.8, 4) is 5.75 Å². The van der Waals surface area contributed by atoms with Crippen LogP contribution < -0.4 is 10.1 Å². The number of thiazole rings is 1. The van der Waals surface area contributed by atoms with E-state index in [1.807, 2.05) is 42.6 Å². The van der Waals surface area contributed by atoms with Crippen LogP contribution in [0, 0.1) is 6.92 Å². The van der Waals surface area contributed by atoms with Gasteiger partial charge in [-0.05, 0) is 42.3 Å². The van der Waals surface area contributed by atoms with Crippen molar-refractivity contribution in [2.75, 3.05) is 19.5 Å². The predicted octanol–water partition coefficient (Wildman–Crippen LogP) is 3.91. The zero-order valence-electron chi connectivity index (χ0n) is 16.6. The second-order valence-electron chi connectivity index (χ2n) is 6.75. The van der Waals surface area contributed by atoms with E-state index in [0.717, 1.165) is 16.8 Å². The van der Waals surface area contributed by atoms with Crippen molar-refractivity contribution in [3.63, 3.8) is 0 Å². The maximum Gasteiger partial charge on any atom is 0.254 e. The van der Waals surface area contributed by atoms with Crippen LogP contribution in [0.25, 0.3) is 0 Å². The smallest absolute Gasteiger partial charge is 0.254 e. The van der Waals surface area contributed by atoms with Crippen molar-refractivity contribution < 1.29 is 14.3 Å². The van der Waals surface area contributed by atoms with Gasteiger partial charge in [0.1, 0.15) is 5.75 Å². The molecule has 150 valence electrons. The van der Waals surface area contributed by atoms with Crippen LogP contribution in [0.4, 0.5) is 5.69 Å². The van der Waals surface area contributed by atoms with Crippen molar-refractivity contribution in [1.29, 1.82) is 0 Å². The largest absolute Gasteiger partial charge is 0.497 e. The lowest BCUT2D eigenvalue weighted by atomic mass is 10.1. The lowest BCUT2D eigenvalue weighted by Crippen LogP contribution is -2.26. The van der Waals surface area contributed by atoms with Crippen LogP contribution in [0.1, 0.15) is 27.2 Å². The fourth-order valence-electron chi connectivity index (χ4n) is 2.90. The van der Waals surface area contributed by atoms with Gasteiger partial charge in [-0.2, -0.15) is 0 Å². The highest BCUT2D eigenvalue weighted by Gasteiger charge is 2.15. The Morgan fingerprint density at radius 3 is 2.76 bits per heavy atom. The molecule has 6 nitrogen and oxygen atoms in total. The minimum atomic E-state index is -0.151. The van der Waals surface area contributed by atoms with Gasteiger partial charge >= 0.3 is 0 Å². The zero-order chi connectivity index (χ0) is 20.8. The Labute approximate surface area is 174 Å². The second kappa shape index (κ2) is 9.34. The summed E-state index contributed by atoms with van der Waals surface area (Å²) in [4.78, 5) is 31.1. The Kier molecular flexibility index (Phi) is 6.61. The topological polar surface area (TPSA) is 71.5 Å². The van der Waals surface area contributed by atoms with E-state index in [9.17, 15) is 9.59 Å². The number of methoxy groups -OCH3 is 1. The fourth-order valence-corrected chi connectivity index (χ4v) is 3.45. The van der Waals surface area contributed by atoms with Gasteiger partial charge in [0.2, 0.25) is 5.91 Å². The summed E-state index contributed by atoms with van der Waals surface area (Å²) in [6, 6.07) is 12.7. The van der Waals surface area contributed by atoms with E-state index in [4.69, 9.17) is 4.74 Å². The monoisotopic (exact) mass is 409 g/mol. The first kappa shape index (κ1) is 20.5. The first-order chi connectivity index (χ1) is 14.0. The number of hydrogen-bond acceptors (Lipinski definition) is 5. The normalized spacial score (nSPS) is 10.4. The van der Waals surface area contributed by atoms with Crippen LogP contribution in [0.2, 0.25) is 0 Å². The molecule has 0 aliphatic carbocycles. The number of hydrogen-bond donors (Lipinski definition) is 1. The van der Waals surface area contributed by atoms with Gasteiger partial charge in [0.25, 0.3) is 5.91 Å². The molecule has 29 heavy (non-hydrogen) atoms. The molecule has 0 fully saturated rings. The molecular weight excluding hydrogens is 386 g/mol. The van der Waals surface area contributed by atoms with Gasteiger partial charge in [-0.15, -0.1) is 11.3 Å². The Balaban J connectivity index is 1.69. The molecule has 0 saturated carbocycles. The molecule has 0 unspecified atom stereocenters. The first-order valence-electron chi connectivity index (χ1n) is 9.12. The zero-order valence-corrected chi connectivity index (χ0v) is 17.5. The van der Waals surface area contributed by atoms with E-state index in [1.165, 1.54) is 11.3 Å². The highest BCUT2D eigenvalue weighted by atomic mass is 32.1. The van der Waals surface area contributed by atoms with Crippen LogP contribution in [-0.2, 0) is 17.8 Å². The second-order valence-corrected chi connectivity index (χ2v) is 7.47. The number of aryl methyl sites for hydroxylation is 1. The summed E-state index contributed by atoms with van der Waals surface area (Å²) in [5, 5.41) is 4.83. The molecule has 0 bridgehead atoms. The van der Waals surface area contributed by atoms with Gasteiger partial charge < -0.3 is 15.0 Å². The molecule has 3 rings (SSSR count). The van der Waals surface area contributed by atoms with Gasteiger partial charge in [-0.25, -0.2) is 4.98 Å². The highest BCUT2D eigenvalue weighted by molar-refractivity contribution is 7.07.